The quantitative estimate of drug-likeness (QED) is 0.714. The summed E-state index contributed by atoms with van der Waals surface area (Å²) in [6, 6.07) is 2.06. The van der Waals surface area contributed by atoms with Crippen LogP contribution in [-0.4, -0.2) is 23.3 Å². The molecule has 0 bridgehead atoms. The highest BCUT2D eigenvalue weighted by Gasteiger charge is 2.03. The average molecular weight is 153 g/mol. The molecular weight excluding hydrogens is 138 g/mol. The maximum atomic E-state index is 4.16. The number of aryl methyl sites for hydroxylation is 1. The fourth-order valence-corrected chi connectivity index (χ4v) is 1.11. The number of anilines is 1. The Morgan fingerprint density at radius 1 is 1.45 bits per heavy atom. The zero-order chi connectivity index (χ0) is 8.27. The molecule has 0 aliphatic heterocycles. The van der Waals surface area contributed by atoms with Crippen LogP contribution < -0.4 is 4.90 Å². The normalized spacial score (nSPS) is 10.1. The molecule has 1 aromatic rings. The van der Waals surface area contributed by atoms with Gasteiger partial charge in [0.05, 0.1) is 0 Å². The molecule has 11 heavy (non-hydrogen) atoms. The Morgan fingerprint density at radius 3 is 2.45 bits per heavy atom. The first-order valence-electron chi connectivity index (χ1n) is 4.04. The molecule has 0 unspecified atom stereocenters. The van der Waals surface area contributed by atoms with Crippen molar-refractivity contribution in [2.75, 3.05) is 18.0 Å². The van der Waals surface area contributed by atoms with Crippen LogP contribution in [0.15, 0.2) is 6.07 Å². The molecule has 1 heterocycles. The topological polar surface area (TPSA) is 31.9 Å². The van der Waals surface area contributed by atoms with Crippen LogP contribution >= 0.6 is 0 Å². The lowest BCUT2D eigenvalue weighted by Crippen LogP contribution is -2.21. The lowest BCUT2D eigenvalue weighted by molar-refractivity contribution is 0.838. The Kier molecular flexibility index (Phi) is 2.52. The van der Waals surface area contributed by atoms with Crippen LogP contribution in [0.2, 0.25) is 0 Å². The zero-order valence-corrected chi connectivity index (χ0v) is 7.39. The van der Waals surface area contributed by atoms with Gasteiger partial charge in [-0.1, -0.05) is 0 Å². The fraction of sp³-hybridized carbons (Fsp3) is 0.625. The van der Waals surface area contributed by atoms with Crippen LogP contribution in [0, 0.1) is 6.92 Å². The summed E-state index contributed by atoms with van der Waals surface area (Å²) in [5.41, 5.74) is 1.12. The lowest BCUT2D eigenvalue weighted by Gasteiger charge is -2.16. The van der Waals surface area contributed by atoms with E-state index in [2.05, 4.69) is 35.0 Å². The standard InChI is InChI=1S/C8H15N3/c1-4-11(5-2)8-6-7(3)9-10-8/h6H,4-5H2,1-3H3,(H,9,10). The number of hydrogen-bond donors (Lipinski definition) is 1. The molecule has 0 saturated carbocycles. The van der Waals surface area contributed by atoms with Gasteiger partial charge in [0.1, 0.15) is 0 Å². The monoisotopic (exact) mass is 153 g/mol. The smallest absolute Gasteiger partial charge is 0.150 e. The molecule has 0 atom stereocenters. The maximum Gasteiger partial charge on any atom is 0.150 e. The Morgan fingerprint density at radius 2 is 2.09 bits per heavy atom. The van der Waals surface area contributed by atoms with Gasteiger partial charge in [0, 0.05) is 24.8 Å². The number of H-pyrrole nitrogens is 1. The Balaban J connectivity index is 2.73. The summed E-state index contributed by atoms with van der Waals surface area (Å²) in [5.74, 6) is 1.05. The summed E-state index contributed by atoms with van der Waals surface area (Å²) in [7, 11) is 0. The van der Waals surface area contributed by atoms with Crippen molar-refractivity contribution in [3.63, 3.8) is 0 Å². The van der Waals surface area contributed by atoms with Crippen LogP contribution in [0.25, 0.3) is 0 Å². The summed E-state index contributed by atoms with van der Waals surface area (Å²) < 4.78 is 0. The molecule has 1 rings (SSSR count). The third-order valence-electron chi connectivity index (χ3n) is 1.78. The summed E-state index contributed by atoms with van der Waals surface area (Å²) in [4.78, 5) is 2.21. The second-order valence-corrected chi connectivity index (χ2v) is 2.58. The fourth-order valence-electron chi connectivity index (χ4n) is 1.11. The van der Waals surface area contributed by atoms with Gasteiger partial charge in [0.15, 0.2) is 5.82 Å². The van der Waals surface area contributed by atoms with Gasteiger partial charge in [-0.3, -0.25) is 5.10 Å². The molecule has 1 aromatic heterocycles. The van der Waals surface area contributed by atoms with Crippen molar-refractivity contribution in [3.05, 3.63) is 11.8 Å². The molecule has 0 radical (unpaired) electrons. The number of aromatic amines is 1. The molecule has 0 fully saturated rings. The van der Waals surface area contributed by atoms with E-state index in [1.165, 1.54) is 0 Å². The highest BCUT2D eigenvalue weighted by molar-refractivity contribution is 5.38. The highest BCUT2D eigenvalue weighted by Crippen LogP contribution is 2.09. The first-order valence-corrected chi connectivity index (χ1v) is 4.04. The van der Waals surface area contributed by atoms with Gasteiger partial charge in [-0.15, -0.1) is 0 Å². The molecule has 3 heteroatoms. The summed E-state index contributed by atoms with van der Waals surface area (Å²) >= 11 is 0. The predicted molar refractivity (Wildman–Crippen MR) is 46.9 cm³/mol. The van der Waals surface area contributed by atoms with E-state index in [0.29, 0.717) is 0 Å². The molecule has 1 N–H and O–H groups in total. The van der Waals surface area contributed by atoms with Gasteiger partial charge < -0.3 is 4.90 Å². The second-order valence-electron chi connectivity index (χ2n) is 2.58. The van der Waals surface area contributed by atoms with Crippen LogP contribution in [0.4, 0.5) is 5.82 Å². The van der Waals surface area contributed by atoms with Gasteiger partial charge in [0.2, 0.25) is 0 Å². The van der Waals surface area contributed by atoms with Crippen molar-refractivity contribution in [2.45, 2.75) is 20.8 Å². The molecule has 0 spiro atoms. The highest BCUT2D eigenvalue weighted by atomic mass is 15.3. The van der Waals surface area contributed by atoms with Crippen LogP contribution in [-0.2, 0) is 0 Å². The van der Waals surface area contributed by atoms with E-state index in [-0.39, 0.29) is 0 Å². The number of nitrogens with one attached hydrogen (secondary N) is 1. The number of hydrogen-bond acceptors (Lipinski definition) is 2. The molecule has 3 nitrogen and oxygen atoms in total. The first kappa shape index (κ1) is 8.11. The minimum Gasteiger partial charge on any atom is -0.356 e. The number of nitrogens with zero attached hydrogens (tertiary/aromatic N) is 2. The Labute approximate surface area is 67.4 Å². The van der Waals surface area contributed by atoms with E-state index in [4.69, 9.17) is 0 Å². The summed E-state index contributed by atoms with van der Waals surface area (Å²) in [6.45, 7) is 8.31. The van der Waals surface area contributed by atoms with Crippen molar-refractivity contribution < 1.29 is 0 Å². The summed E-state index contributed by atoms with van der Waals surface area (Å²) in [5, 5.41) is 7.08. The molecule has 0 aromatic carbocycles. The minimum atomic E-state index is 1.01. The molecule has 0 saturated heterocycles. The Hall–Kier alpha value is -0.990. The average Bonchev–Trinajstić information content (AvgIpc) is 2.39. The van der Waals surface area contributed by atoms with Crippen molar-refractivity contribution in [1.82, 2.24) is 10.2 Å². The SMILES string of the molecule is CCN(CC)c1cc(C)[nH]n1. The van der Waals surface area contributed by atoms with E-state index in [0.717, 1.165) is 24.6 Å². The molecule has 0 aliphatic carbocycles. The van der Waals surface area contributed by atoms with E-state index < -0.39 is 0 Å². The molecule has 0 aliphatic rings. The number of rotatable bonds is 3. The van der Waals surface area contributed by atoms with Crippen molar-refractivity contribution in [1.29, 1.82) is 0 Å². The third kappa shape index (κ3) is 1.73. The maximum absolute atomic E-state index is 4.16. The van der Waals surface area contributed by atoms with E-state index in [1.54, 1.807) is 0 Å². The lowest BCUT2D eigenvalue weighted by atomic mass is 10.4. The van der Waals surface area contributed by atoms with E-state index in [9.17, 15) is 0 Å². The van der Waals surface area contributed by atoms with Gasteiger partial charge in [-0.25, -0.2) is 0 Å². The summed E-state index contributed by atoms with van der Waals surface area (Å²) in [6.07, 6.45) is 0. The van der Waals surface area contributed by atoms with Gasteiger partial charge in [0.25, 0.3) is 0 Å². The number of aromatic nitrogens is 2. The molecular formula is C8H15N3. The largest absolute Gasteiger partial charge is 0.356 e. The first-order chi connectivity index (χ1) is 5.27. The third-order valence-corrected chi connectivity index (χ3v) is 1.78. The van der Waals surface area contributed by atoms with E-state index >= 15 is 0 Å². The Bertz CT molecular complexity index is 213. The molecule has 0 amide bonds. The molecule has 62 valence electrons. The van der Waals surface area contributed by atoms with Crippen molar-refractivity contribution in [3.8, 4) is 0 Å². The second kappa shape index (κ2) is 3.42. The van der Waals surface area contributed by atoms with Gasteiger partial charge >= 0.3 is 0 Å². The van der Waals surface area contributed by atoms with Gasteiger partial charge in [-0.2, -0.15) is 5.10 Å². The predicted octanol–water partition coefficient (Wildman–Crippen LogP) is 1.56. The minimum absolute atomic E-state index is 1.01. The van der Waals surface area contributed by atoms with Crippen LogP contribution in [0.3, 0.4) is 0 Å². The van der Waals surface area contributed by atoms with Crippen LogP contribution in [0.1, 0.15) is 19.5 Å². The zero-order valence-electron chi connectivity index (χ0n) is 7.39. The van der Waals surface area contributed by atoms with Crippen molar-refractivity contribution >= 4 is 5.82 Å². The van der Waals surface area contributed by atoms with Crippen molar-refractivity contribution in [2.24, 2.45) is 0 Å². The van der Waals surface area contributed by atoms with Gasteiger partial charge in [-0.05, 0) is 20.8 Å². The van der Waals surface area contributed by atoms with Crippen LogP contribution in [0.5, 0.6) is 0 Å². The van der Waals surface area contributed by atoms with E-state index in [1.807, 2.05) is 6.92 Å².